The topological polar surface area (TPSA) is 33.5 Å². The minimum absolute atomic E-state index is 0.300. The molecule has 0 fully saturated rings. The van der Waals surface area contributed by atoms with Gasteiger partial charge in [-0.15, -0.1) is 0 Å². The summed E-state index contributed by atoms with van der Waals surface area (Å²) in [4.78, 5) is 14.3. The zero-order valence-corrected chi connectivity index (χ0v) is 15.0. The van der Waals surface area contributed by atoms with Crippen LogP contribution < -0.4 is 5.63 Å². The third-order valence-corrected chi connectivity index (χ3v) is 4.73. The van der Waals surface area contributed by atoms with Gasteiger partial charge in [0.2, 0.25) is 0 Å². The van der Waals surface area contributed by atoms with E-state index in [0.717, 1.165) is 28.3 Å². The highest BCUT2D eigenvalue weighted by Gasteiger charge is 2.11. The van der Waals surface area contributed by atoms with E-state index in [1.807, 2.05) is 24.3 Å². The maximum Gasteiger partial charge on any atom is 0.336 e. The van der Waals surface area contributed by atoms with Crippen molar-refractivity contribution in [2.24, 2.45) is 0 Å². The van der Waals surface area contributed by atoms with E-state index in [-0.39, 0.29) is 5.63 Å². The van der Waals surface area contributed by atoms with Crippen LogP contribution in [0.4, 0.5) is 0 Å². The number of aryl methyl sites for hydroxylation is 1. The molecule has 26 heavy (non-hydrogen) atoms. The summed E-state index contributed by atoms with van der Waals surface area (Å²) in [5, 5.41) is 3.29. The summed E-state index contributed by atoms with van der Waals surface area (Å²) in [6.07, 6.45) is 0. The standard InChI is InChI=1S/C23H21NO2/c1-16-7-9-17(10-8-16)14-24(2)15-19-13-22(25)26-21-12-11-18-5-3-4-6-20(18)23(19)21/h3-13H,14-15H2,1-2H3. The molecule has 3 nitrogen and oxygen atoms in total. The van der Waals surface area contributed by atoms with Gasteiger partial charge in [0, 0.05) is 24.5 Å². The van der Waals surface area contributed by atoms with Crippen LogP contribution in [-0.2, 0) is 13.1 Å². The quantitative estimate of drug-likeness (QED) is 0.391. The van der Waals surface area contributed by atoms with Gasteiger partial charge in [0.15, 0.2) is 0 Å². The second-order valence-electron chi connectivity index (χ2n) is 6.91. The van der Waals surface area contributed by atoms with Gasteiger partial charge < -0.3 is 4.42 Å². The first-order valence-electron chi connectivity index (χ1n) is 8.79. The van der Waals surface area contributed by atoms with E-state index in [1.54, 1.807) is 6.07 Å². The number of nitrogens with zero attached hydrogens (tertiary/aromatic N) is 1. The fourth-order valence-electron chi connectivity index (χ4n) is 3.50. The molecule has 0 bridgehead atoms. The number of hydrogen-bond donors (Lipinski definition) is 0. The van der Waals surface area contributed by atoms with Gasteiger partial charge >= 0.3 is 5.63 Å². The Morgan fingerprint density at radius 2 is 1.69 bits per heavy atom. The SMILES string of the molecule is Cc1ccc(CN(C)Cc2cc(=O)oc3ccc4ccccc4c23)cc1. The predicted octanol–water partition coefficient (Wildman–Crippen LogP) is 4.89. The zero-order chi connectivity index (χ0) is 18.1. The van der Waals surface area contributed by atoms with Crippen LogP contribution in [-0.4, -0.2) is 11.9 Å². The highest BCUT2D eigenvalue weighted by Crippen LogP contribution is 2.28. The second kappa shape index (κ2) is 6.77. The van der Waals surface area contributed by atoms with E-state index in [9.17, 15) is 4.79 Å². The summed E-state index contributed by atoms with van der Waals surface area (Å²) in [5.41, 5.74) is 3.87. The fraction of sp³-hybridized carbons (Fsp3) is 0.174. The van der Waals surface area contributed by atoms with Gasteiger partial charge in [0.25, 0.3) is 0 Å². The van der Waals surface area contributed by atoms with Crippen molar-refractivity contribution < 1.29 is 4.42 Å². The van der Waals surface area contributed by atoms with Crippen LogP contribution in [0.2, 0.25) is 0 Å². The molecule has 0 aliphatic heterocycles. The lowest BCUT2D eigenvalue weighted by atomic mass is 10.0. The largest absolute Gasteiger partial charge is 0.423 e. The second-order valence-corrected chi connectivity index (χ2v) is 6.91. The van der Waals surface area contributed by atoms with Gasteiger partial charge in [-0.25, -0.2) is 4.79 Å². The van der Waals surface area contributed by atoms with Crippen molar-refractivity contribution in [2.75, 3.05) is 7.05 Å². The smallest absolute Gasteiger partial charge is 0.336 e. The Hall–Kier alpha value is -2.91. The van der Waals surface area contributed by atoms with E-state index >= 15 is 0 Å². The molecule has 0 atom stereocenters. The Balaban J connectivity index is 1.74. The van der Waals surface area contributed by atoms with Crippen molar-refractivity contribution in [1.29, 1.82) is 0 Å². The summed E-state index contributed by atoms with van der Waals surface area (Å²) < 4.78 is 5.45. The van der Waals surface area contributed by atoms with Crippen LogP contribution in [0.5, 0.6) is 0 Å². The number of rotatable bonds is 4. The minimum atomic E-state index is -0.300. The Kier molecular flexibility index (Phi) is 4.31. The summed E-state index contributed by atoms with van der Waals surface area (Å²) in [6.45, 7) is 3.60. The van der Waals surface area contributed by atoms with Crippen LogP contribution in [0, 0.1) is 6.92 Å². The maximum atomic E-state index is 12.0. The van der Waals surface area contributed by atoms with Gasteiger partial charge in [-0.2, -0.15) is 0 Å². The molecule has 130 valence electrons. The molecule has 1 aromatic heterocycles. The maximum absolute atomic E-state index is 12.0. The molecule has 0 amide bonds. The van der Waals surface area contributed by atoms with Crippen molar-refractivity contribution in [3.63, 3.8) is 0 Å². The fourth-order valence-corrected chi connectivity index (χ4v) is 3.50. The Morgan fingerprint density at radius 3 is 2.50 bits per heavy atom. The van der Waals surface area contributed by atoms with Crippen molar-refractivity contribution in [3.8, 4) is 0 Å². The predicted molar refractivity (Wildman–Crippen MR) is 106 cm³/mol. The first kappa shape index (κ1) is 16.6. The van der Waals surface area contributed by atoms with Crippen LogP contribution in [0.15, 0.2) is 75.9 Å². The molecular weight excluding hydrogens is 322 g/mol. The van der Waals surface area contributed by atoms with Crippen molar-refractivity contribution in [3.05, 3.63) is 93.8 Å². The molecule has 0 aliphatic rings. The molecule has 0 saturated carbocycles. The first-order chi connectivity index (χ1) is 12.6. The van der Waals surface area contributed by atoms with Crippen molar-refractivity contribution in [1.82, 2.24) is 4.90 Å². The van der Waals surface area contributed by atoms with E-state index in [1.165, 1.54) is 11.1 Å². The Bertz CT molecular complexity index is 1130. The van der Waals surface area contributed by atoms with Gasteiger partial charge in [0.1, 0.15) is 5.58 Å². The van der Waals surface area contributed by atoms with E-state index in [0.29, 0.717) is 12.1 Å². The summed E-state index contributed by atoms with van der Waals surface area (Å²) in [5.74, 6) is 0. The average molecular weight is 343 g/mol. The molecule has 0 radical (unpaired) electrons. The van der Waals surface area contributed by atoms with Gasteiger partial charge in [-0.3, -0.25) is 4.90 Å². The molecule has 3 aromatic carbocycles. The molecule has 0 saturated heterocycles. The van der Waals surface area contributed by atoms with Gasteiger partial charge in [-0.05, 0) is 41.9 Å². The molecule has 0 spiro atoms. The highest BCUT2D eigenvalue weighted by molar-refractivity contribution is 6.07. The molecule has 4 aromatic rings. The number of fused-ring (bicyclic) bond motifs is 3. The molecule has 0 unspecified atom stereocenters. The first-order valence-corrected chi connectivity index (χ1v) is 8.79. The van der Waals surface area contributed by atoms with Crippen LogP contribution in [0.1, 0.15) is 16.7 Å². The number of hydrogen-bond acceptors (Lipinski definition) is 3. The normalized spacial score (nSPS) is 11.5. The van der Waals surface area contributed by atoms with Crippen molar-refractivity contribution >= 4 is 21.7 Å². The molecule has 0 N–H and O–H groups in total. The summed E-state index contributed by atoms with van der Waals surface area (Å²) >= 11 is 0. The van der Waals surface area contributed by atoms with E-state index in [4.69, 9.17) is 4.42 Å². The van der Waals surface area contributed by atoms with Crippen molar-refractivity contribution in [2.45, 2.75) is 20.0 Å². The lowest BCUT2D eigenvalue weighted by molar-refractivity contribution is 0.319. The van der Waals surface area contributed by atoms with Gasteiger partial charge in [-0.1, -0.05) is 60.2 Å². The molecule has 3 heteroatoms. The minimum Gasteiger partial charge on any atom is -0.423 e. The molecule has 1 heterocycles. The average Bonchev–Trinajstić information content (AvgIpc) is 2.63. The summed E-state index contributed by atoms with van der Waals surface area (Å²) in [7, 11) is 2.07. The zero-order valence-electron chi connectivity index (χ0n) is 15.0. The Morgan fingerprint density at radius 1 is 0.923 bits per heavy atom. The third kappa shape index (κ3) is 3.26. The lowest BCUT2D eigenvalue weighted by Crippen LogP contribution is -2.18. The number of benzene rings is 3. The third-order valence-electron chi connectivity index (χ3n) is 4.73. The Labute approximate surface area is 152 Å². The monoisotopic (exact) mass is 343 g/mol. The van der Waals surface area contributed by atoms with Gasteiger partial charge in [0.05, 0.1) is 0 Å². The van der Waals surface area contributed by atoms with E-state index in [2.05, 4.69) is 55.3 Å². The lowest BCUT2D eigenvalue weighted by Gasteiger charge is -2.18. The molecular formula is C23H21NO2. The summed E-state index contributed by atoms with van der Waals surface area (Å²) in [6, 6.07) is 22.3. The molecule has 4 rings (SSSR count). The highest BCUT2D eigenvalue weighted by atomic mass is 16.4. The van der Waals surface area contributed by atoms with Crippen LogP contribution >= 0.6 is 0 Å². The molecule has 0 aliphatic carbocycles. The van der Waals surface area contributed by atoms with Crippen LogP contribution in [0.25, 0.3) is 21.7 Å². The van der Waals surface area contributed by atoms with Crippen LogP contribution in [0.3, 0.4) is 0 Å². The van der Waals surface area contributed by atoms with E-state index < -0.39 is 0 Å².